The van der Waals surface area contributed by atoms with E-state index in [1.807, 2.05) is 13.0 Å². The maximum absolute atomic E-state index is 13.7. The molecule has 0 fully saturated rings. The summed E-state index contributed by atoms with van der Waals surface area (Å²) in [6, 6.07) is 5.00. The van der Waals surface area contributed by atoms with Crippen molar-refractivity contribution in [3.63, 3.8) is 0 Å². The minimum atomic E-state index is -0.291. The highest BCUT2D eigenvalue weighted by atomic mass is 19.1. The molecule has 1 N–H and O–H groups in total. The molecule has 16 heavy (non-hydrogen) atoms. The quantitative estimate of drug-likeness (QED) is 0.849. The van der Waals surface area contributed by atoms with Crippen LogP contribution in [0.4, 0.5) is 4.39 Å². The molecule has 1 aromatic heterocycles. The molecule has 0 aliphatic heterocycles. The average molecular weight is 220 g/mol. The van der Waals surface area contributed by atoms with Crippen LogP contribution < -0.4 is 5.32 Å². The van der Waals surface area contributed by atoms with Gasteiger partial charge in [0.1, 0.15) is 24.2 Å². The van der Waals surface area contributed by atoms with Crippen LogP contribution in [-0.4, -0.2) is 21.3 Å². The zero-order valence-corrected chi connectivity index (χ0v) is 9.02. The Labute approximate surface area is 93.1 Å². The van der Waals surface area contributed by atoms with Crippen LogP contribution in [0.3, 0.4) is 0 Å². The van der Waals surface area contributed by atoms with E-state index in [1.54, 1.807) is 6.07 Å². The Morgan fingerprint density at radius 2 is 2.31 bits per heavy atom. The fourth-order valence-corrected chi connectivity index (χ4v) is 1.54. The summed E-state index contributed by atoms with van der Waals surface area (Å²) in [5.41, 5.74) is 1.33. The minimum absolute atomic E-state index is 0.291. The van der Waals surface area contributed by atoms with Crippen LogP contribution in [0.25, 0.3) is 5.69 Å². The summed E-state index contributed by atoms with van der Waals surface area (Å²) >= 11 is 0. The molecule has 2 rings (SSSR count). The molecule has 2 aromatic rings. The van der Waals surface area contributed by atoms with E-state index < -0.39 is 0 Å². The maximum atomic E-state index is 13.7. The van der Waals surface area contributed by atoms with E-state index in [0.717, 1.165) is 12.1 Å². The third-order valence-electron chi connectivity index (χ3n) is 2.28. The van der Waals surface area contributed by atoms with Crippen molar-refractivity contribution in [2.45, 2.75) is 13.5 Å². The van der Waals surface area contributed by atoms with Crippen LogP contribution in [0.5, 0.6) is 0 Å². The van der Waals surface area contributed by atoms with Gasteiger partial charge >= 0.3 is 0 Å². The van der Waals surface area contributed by atoms with Gasteiger partial charge in [-0.05, 0) is 18.2 Å². The molecule has 0 saturated heterocycles. The maximum Gasteiger partial charge on any atom is 0.149 e. The summed E-state index contributed by atoms with van der Waals surface area (Å²) in [7, 11) is 0. The second-order valence-corrected chi connectivity index (χ2v) is 3.37. The third-order valence-corrected chi connectivity index (χ3v) is 2.28. The van der Waals surface area contributed by atoms with Crippen LogP contribution >= 0.6 is 0 Å². The molecule has 84 valence electrons. The highest BCUT2D eigenvalue weighted by Crippen LogP contribution is 2.17. The van der Waals surface area contributed by atoms with Crippen molar-refractivity contribution in [1.82, 2.24) is 20.1 Å². The largest absolute Gasteiger partial charge is 0.313 e. The monoisotopic (exact) mass is 220 g/mol. The smallest absolute Gasteiger partial charge is 0.149 e. The van der Waals surface area contributed by atoms with Gasteiger partial charge in [-0.15, -0.1) is 0 Å². The number of nitrogens with zero attached hydrogens (tertiary/aromatic N) is 3. The van der Waals surface area contributed by atoms with Crippen molar-refractivity contribution in [3.05, 3.63) is 42.2 Å². The zero-order chi connectivity index (χ0) is 11.4. The number of hydrogen-bond acceptors (Lipinski definition) is 3. The van der Waals surface area contributed by atoms with Crippen molar-refractivity contribution in [2.24, 2.45) is 0 Å². The number of benzene rings is 1. The van der Waals surface area contributed by atoms with E-state index in [1.165, 1.54) is 23.4 Å². The fraction of sp³-hybridized carbons (Fsp3) is 0.273. The van der Waals surface area contributed by atoms with Crippen molar-refractivity contribution >= 4 is 0 Å². The van der Waals surface area contributed by atoms with Crippen molar-refractivity contribution in [3.8, 4) is 5.69 Å². The lowest BCUT2D eigenvalue weighted by Crippen LogP contribution is -2.15. The van der Waals surface area contributed by atoms with Crippen LogP contribution in [0.15, 0.2) is 30.9 Å². The first kappa shape index (κ1) is 10.8. The van der Waals surface area contributed by atoms with E-state index >= 15 is 0 Å². The molecule has 5 heteroatoms. The van der Waals surface area contributed by atoms with Gasteiger partial charge in [-0.2, -0.15) is 5.10 Å². The van der Waals surface area contributed by atoms with Crippen LogP contribution in [-0.2, 0) is 6.54 Å². The number of para-hydroxylation sites is 1. The van der Waals surface area contributed by atoms with Gasteiger partial charge in [0.2, 0.25) is 0 Å². The molecule has 0 spiro atoms. The molecule has 0 unspecified atom stereocenters. The van der Waals surface area contributed by atoms with E-state index in [9.17, 15) is 4.39 Å². The van der Waals surface area contributed by atoms with Gasteiger partial charge in [-0.3, -0.25) is 0 Å². The van der Waals surface area contributed by atoms with Gasteiger partial charge in [0, 0.05) is 6.54 Å². The molecule has 0 atom stereocenters. The summed E-state index contributed by atoms with van der Waals surface area (Å²) in [6.45, 7) is 3.46. The lowest BCUT2D eigenvalue weighted by molar-refractivity contribution is 0.602. The second-order valence-electron chi connectivity index (χ2n) is 3.37. The molecule has 4 nitrogen and oxygen atoms in total. The van der Waals surface area contributed by atoms with Gasteiger partial charge in [0.15, 0.2) is 0 Å². The molecule has 0 aliphatic carbocycles. The molecule has 1 aromatic carbocycles. The van der Waals surface area contributed by atoms with Crippen LogP contribution in [0, 0.1) is 5.82 Å². The number of halogens is 1. The molecule has 1 heterocycles. The van der Waals surface area contributed by atoms with Crippen molar-refractivity contribution in [1.29, 1.82) is 0 Å². The first-order valence-electron chi connectivity index (χ1n) is 5.16. The van der Waals surface area contributed by atoms with Gasteiger partial charge in [-0.25, -0.2) is 14.1 Å². The number of nitrogens with one attached hydrogen (secondary N) is 1. The van der Waals surface area contributed by atoms with Gasteiger partial charge < -0.3 is 5.32 Å². The van der Waals surface area contributed by atoms with Gasteiger partial charge in [-0.1, -0.05) is 19.1 Å². The highest BCUT2D eigenvalue weighted by molar-refractivity contribution is 5.41. The Kier molecular flexibility index (Phi) is 3.26. The number of aromatic nitrogens is 3. The SMILES string of the molecule is CCNCc1cccc(F)c1-n1cncn1. The highest BCUT2D eigenvalue weighted by Gasteiger charge is 2.10. The summed E-state index contributed by atoms with van der Waals surface area (Å²) < 4.78 is 15.2. The normalized spacial score (nSPS) is 10.6. The Balaban J connectivity index is 2.41. The Morgan fingerprint density at radius 3 is 3.00 bits per heavy atom. The van der Waals surface area contributed by atoms with E-state index in [0.29, 0.717) is 12.2 Å². The standard InChI is InChI=1S/C11H13FN4/c1-2-13-6-9-4-3-5-10(12)11(9)16-8-14-7-15-16/h3-5,7-8,13H,2,6H2,1H3. The molecule has 0 saturated carbocycles. The first-order valence-corrected chi connectivity index (χ1v) is 5.16. The van der Waals surface area contributed by atoms with Gasteiger partial charge in [0.05, 0.1) is 0 Å². The molecule has 0 aliphatic rings. The third kappa shape index (κ3) is 2.09. The second kappa shape index (κ2) is 4.85. The predicted molar refractivity (Wildman–Crippen MR) is 58.7 cm³/mol. The molecule has 0 radical (unpaired) electrons. The summed E-state index contributed by atoms with van der Waals surface area (Å²) in [5, 5.41) is 7.12. The lowest BCUT2D eigenvalue weighted by atomic mass is 10.1. The number of hydrogen-bond donors (Lipinski definition) is 1. The zero-order valence-electron chi connectivity index (χ0n) is 9.02. The predicted octanol–water partition coefficient (Wildman–Crippen LogP) is 1.52. The fourth-order valence-electron chi connectivity index (χ4n) is 1.54. The molecule has 0 amide bonds. The summed E-state index contributed by atoms with van der Waals surface area (Å²) in [6.07, 6.45) is 2.89. The van der Waals surface area contributed by atoms with E-state index in [-0.39, 0.29) is 5.82 Å². The summed E-state index contributed by atoms with van der Waals surface area (Å²) in [4.78, 5) is 3.83. The first-order chi connectivity index (χ1) is 7.83. The summed E-state index contributed by atoms with van der Waals surface area (Å²) in [5.74, 6) is -0.291. The van der Waals surface area contributed by atoms with Crippen molar-refractivity contribution < 1.29 is 4.39 Å². The van der Waals surface area contributed by atoms with Crippen molar-refractivity contribution in [2.75, 3.05) is 6.54 Å². The Hall–Kier alpha value is -1.75. The Bertz CT molecular complexity index is 453. The Morgan fingerprint density at radius 1 is 1.44 bits per heavy atom. The average Bonchev–Trinajstić information content (AvgIpc) is 2.79. The van der Waals surface area contributed by atoms with Gasteiger partial charge in [0.25, 0.3) is 0 Å². The van der Waals surface area contributed by atoms with Crippen LogP contribution in [0.1, 0.15) is 12.5 Å². The van der Waals surface area contributed by atoms with Crippen LogP contribution in [0.2, 0.25) is 0 Å². The lowest BCUT2D eigenvalue weighted by Gasteiger charge is -2.10. The van der Waals surface area contributed by atoms with E-state index in [4.69, 9.17) is 0 Å². The molecular formula is C11H13FN4. The molecule has 0 bridgehead atoms. The number of rotatable bonds is 4. The molecular weight excluding hydrogens is 207 g/mol. The minimum Gasteiger partial charge on any atom is -0.313 e. The topological polar surface area (TPSA) is 42.7 Å². The van der Waals surface area contributed by atoms with E-state index in [2.05, 4.69) is 15.4 Å².